The lowest BCUT2D eigenvalue weighted by molar-refractivity contribution is -0.136. The maximum absolute atomic E-state index is 13.0. The molecule has 1 aromatic heterocycles. The number of furan rings is 1. The summed E-state index contributed by atoms with van der Waals surface area (Å²) in [6.07, 6.45) is 1.35. The van der Waals surface area contributed by atoms with Crippen LogP contribution in [0.15, 0.2) is 101 Å². The van der Waals surface area contributed by atoms with Crippen LogP contribution in [0.4, 0.5) is 0 Å². The maximum Gasteiger partial charge on any atom is 0.281 e. The minimum Gasteiger partial charge on any atom is -0.455 e. The molecule has 0 spiro atoms. The Labute approximate surface area is 194 Å². The maximum atomic E-state index is 13.0. The van der Waals surface area contributed by atoms with Crippen molar-refractivity contribution in [3.8, 4) is 11.3 Å². The molecule has 4 rings (SSSR count). The molecule has 0 aliphatic rings. The van der Waals surface area contributed by atoms with Gasteiger partial charge in [0, 0.05) is 10.6 Å². The highest BCUT2D eigenvalue weighted by molar-refractivity contribution is 6.36. The van der Waals surface area contributed by atoms with Crippen molar-refractivity contribution in [2.45, 2.75) is 5.60 Å². The number of hydrogen-bond donors (Lipinski definition) is 2. The molecule has 0 saturated heterocycles. The van der Waals surface area contributed by atoms with Crippen LogP contribution >= 0.6 is 23.2 Å². The molecule has 5 nitrogen and oxygen atoms in total. The van der Waals surface area contributed by atoms with Crippen LogP contribution in [0.3, 0.4) is 0 Å². The first-order valence-corrected chi connectivity index (χ1v) is 10.5. The van der Waals surface area contributed by atoms with Crippen molar-refractivity contribution in [1.82, 2.24) is 5.43 Å². The summed E-state index contributed by atoms with van der Waals surface area (Å²) >= 11 is 12.2. The number of rotatable bonds is 6. The topological polar surface area (TPSA) is 74.8 Å². The number of amides is 1. The fraction of sp³-hybridized carbons (Fsp3) is 0.0400. The first-order valence-electron chi connectivity index (χ1n) is 9.70. The van der Waals surface area contributed by atoms with Gasteiger partial charge in [-0.1, -0.05) is 83.9 Å². The SMILES string of the molecule is O=C(NN=Cc1ccc(-c2ccc(Cl)cc2Cl)o1)C(O)(c1ccccc1)c1ccccc1. The molecule has 0 aliphatic carbocycles. The van der Waals surface area contributed by atoms with Crippen molar-refractivity contribution in [3.63, 3.8) is 0 Å². The molecular formula is C25H18Cl2N2O3. The minimum absolute atomic E-state index is 0.397. The van der Waals surface area contributed by atoms with E-state index in [1.165, 1.54) is 6.21 Å². The van der Waals surface area contributed by atoms with E-state index in [-0.39, 0.29) is 0 Å². The third-order valence-electron chi connectivity index (χ3n) is 4.89. The summed E-state index contributed by atoms with van der Waals surface area (Å²) in [5.74, 6) is 0.234. The number of hydrogen-bond acceptors (Lipinski definition) is 4. The van der Waals surface area contributed by atoms with Gasteiger partial charge in [0.15, 0.2) is 5.60 Å². The molecule has 0 unspecified atom stereocenters. The van der Waals surface area contributed by atoms with Crippen molar-refractivity contribution in [2.24, 2.45) is 5.10 Å². The van der Waals surface area contributed by atoms with Gasteiger partial charge in [-0.15, -0.1) is 0 Å². The number of benzene rings is 3. The summed E-state index contributed by atoms with van der Waals surface area (Å²) in [7, 11) is 0. The number of nitrogens with zero attached hydrogens (tertiary/aromatic N) is 1. The molecule has 1 heterocycles. The van der Waals surface area contributed by atoms with Gasteiger partial charge in [-0.25, -0.2) is 5.43 Å². The van der Waals surface area contributed by atoms with Crippen LogP contribution in [0.2, 0.25) is 10.0 Å². The van der Waals surface area contributed by atoms with Gasteiger partial charge in [-0.05, 0) is 41.5 Å². The summed E-state index contributed by atoms with van der Waals surface area (Å²) in [5.41, 5.74) is 2.04. The van der Waals surface area contributed by atoms with Gasteiger partial charge in [-0.3, -0.25) is 4.79 Å². The second-order valence-electron chi connectivity index (χ2n) is 6.97. The van der Waals surface area contributed by atoms with E-state index in [0.29, 0.717) is 38.3 Å². The van der Waals surface area contributed by atoms with Crippen LogP contribution < -0.4 is 5.43 Å². The Balaban J connectivity index is 1.55. The van der Waals surface area contributed by atoms with Crippen molar-refractivity contribution < 1.29 is 14.3 Å². The number of carbonyl (C=O) groups is 1. The average molecular weight is 465 g/mol. The van der Waals surface area contributed by atoms with Crippen molar-refractivity contribution in [3.05, 3.63) is 118 Å². The fourth-order valence-electron chi connectivity index (χ4n) is 3.28. The zero-order chi connectivity index (χ0) is 22.6. The lowest BCUT2D eigenvalue weighted by atomic mass is 9.85. The average Bonchev–Trinajstić information content (AvgIpc) is 3.28. The quantitative estimate of drug-likeness (QED) is 0.286. The Morgan fingerprint density at radius 3 is 2.12 bits per heavy atom. The van der Waals surface area contributed by atoms with Crippen LogP contribution in [0.25, 0.3) is 11.3 Å². The minimum atomic E-state index is -1.91. The predicted molar refractivity (Wildman–Crippen MR) is 126 cm³/mol. The van der Waals surface area contributed by atoms with E-state index in [1.54, 1.807) is 78.9 Å². The van der Waals surface area contributed by atoms with E-state index >= 15 is 0 Å². The number of nitrogens with one attached hydrogen (secondary N) is 1. The van der Waals surface area contributed by atoms with E-state index in [2.05, 4.69) is 10.5 Å². The molecule has 7 heteroatoms. The Bertz CT molecular complexity index is 1220. The molecule has 0 fully saturated rings. The molecule has 4 aromatic rings. The second-order valence-corrected chi connectivity index (χ2v) is 7.81. The molecule has 0 bridgehead atoms. The number of carbonyl (C=O) groups excluding carboxylic acids is 1. The highest BCUT2D eigenvalue weighted by atomic mass is 35.5. The van der Waals surface area contributed by atoms with Gasteiger partial charge in [0.1, 0.15) is 11.5 Å². The van der Waals surface area contributed by atoms with E-state index < -0.39 is 11.5 Å². The Morgan fingerprint density at radius 2 is 1.53 bits per heavy atom. The number of hydrazone groups is 1. The third-order valence-corrected chi connectivity index (χ3v) is 5.44. The van der Waals surface area contributed by atoms with Gasteiger partial charge in [0.25, 0.3) is 5.91 Å². The second kappa shape index (κ2) is 9.40. The number of halogens is 2. The normalized spacial score (nSPS) is 11.6. The van der Waals surface area contributed by atoms with Crippen LogP contribution in [0.5, 0.6) is 0 Å². The molecular weight excluding hydrogens is 447 g/mol. The van der Waals surface area contributed by atoms with E-state index in [9.17, 15) is 9.90 Å². The van der Waals surface area contributed by atoms with Crippen LogP contribution in [0.1, 0.15) is 16.9 Å². The zero-order valence-electron chi connectivity index (χ0n) is 16.7. The summed E-state index contributed by atoms with van der Waals surface area (Å²) in [6, 6.07) is 25.9. The first-order chi connectivity index (χ1) is 15.5. The number of aliphatic hydroxyl groups is 1. The monoisotopic (exact) mass is 464 g/mol. The molecule has 0 radical (unpaired) electrons. The van der Waals surface area contributed by atoms with E-state index in [0.717, 1.165) is 0 Å². The molecule has 0 aliphatic heterocycles. The Kier molecular flexibility index (Phi) is 6.42. The molecule has 1 amide bonds. The molecule has 0 atom stereocenters. The third kappa shape index (κ3) is 4.46. The molecule has 32 heavy (non-hydrogen) atoms. The molecule has 0 saturated carbocycles. The molecule has 160 valence electrons. The Hall–Kier alpha value is -3.38. The smallest absolute Gasteiger partial charge is 0.281 e. The van der Waals surface area contributed by atoms with E-state index in [1.807, 2.05) is 12.1 Å². The van der Waals surface area contributed by atoms with E-state index in [4.69, 9.17) is 27.6 Å². The lowest BCUT2D eigenvalue weighted by Crippen LogP contribution is -2.43. The van der Waals surface area contributed by atoms with Crippen LogP contribution in [-0.4, -0.2) is 17.2 Å². The van der Waals surface area contributed by atoms with Crippen LogP contribution in [-0.2, 0) is 10.4 Å². The Morgan fingerprint density at radius 1 is 0.906 bits per heavy atom. The molecule has 3 aromatic carbocycles. The summed E-state index contributed by atoms with van der Waals surface area (Å²) < 4.78 is 5.74. The van der Waals surface area contributed by atoms with Gasteiger partial charge >= 0.3 is 0 Å². The van der Waals surface area contributed by atoms with Gasteiger partial charge in [0.05, 0.1) is 11.2 Å². The zero-order valence-corrected chi connectivity index (χ0v) is 18.2. The summed E-state index contributed by atoms with van der Waals surface area (Å²) in [5, 5.41) is 16.3. The van der Waals surface area contributed by atoms with Crippen LogP contribution in [0, 0.1) is 0 Å². The predicted octanol–water partition coefficient (Wildman–Crippen LogP) is 5.64. The molecule has 2 N–H and O–H groups in total. The van der Waals surface area contributed by atoms with Gasteiger partial charge in [-0.2, -0.15) is 5.10 Å². The van der Waals surface area contributed by atoms with Crippen molar-refractivity contribution in [2.75, 3.05) is 0 Å². The lowest BCUT2D eigenvalue weighted by Gasteiger charge is -2.26. The highest BCUT2D eigenvalue weighted by Gasteiger charge is 2.39. The fourth-order valence-corrected chi connectivity index (χ4v) is 3.78. The first kappa shape index (κ1) is 21.8. The highest BCUT2D eigenvalue weighted by Crippen LogP contribution is 2.32. The van der Waals surface area contributed by atoms with Gasteiger partial charge < -0.3 is 9.52 Å². The summed E-state index contributed by atoms with van der Waals surface area (Å²) in [6.45, 7) is 0. The van der Waals surface area contributed by atoms with Crippen molar-refractivity contribution >= 4 is 35.3 Å². The standard InChI is InChI=1S/C25H18Cl2N2O3/c26-19-11-13-21(22(27)15-19)23-14-12-20(32-23)16-28-29-24(30)25(31,17-7-3-1-4-8-17)18-9-5-2-6-10-18/h1-16,31H,(H,29,30). The summed E-state index contributed by atoms with van der Waals surface area (Å²) in [4.78, 5) is 13.0. The van der Waals surface area contributed by atoms with Crippen molar-refractivity contribution in [1.29, 1.82) is 0 Å². The largest absolute Gasteiger partial charge is 0.455 e. The van der Waals surface area contributed by atoms with Gasteiger partial charge in [0.2, 0.25) is 0 Å².